The van der Waals surface area contributed by atoms with Gasteiger partial charge in [-0.15, -0.1) is 10.2 Å². The molecule has 156 valence electrons. The van der Waals surface area contributed by atoms with Crippen molar-refractivity contribution in [3.05, 3.63) is 73.9 Å². The van der Waals surface area contributed by atoms with E-state index in [-0.39, 0.29) is 18.2 Å². The second-order valence-corrected chi connectivity index (χ2v) is 8.84. The molecule has 0 bridgehead atoms. The van der Waals surface area contributed by atoms with Crippen LogP contribution in [0, 0.1) is 10.5 Å². The van der Waals surface area contributed by atoms with Crippen LogP contribution in [0.2, 0.25) is 0 Å². The van der Waals surface area contributed by atoms with E-state index in [9.17, 15) is 9.59 Å². The minimum absolute atomic E-state index is 0.0145. The lowest BCUT2D eigenvalue weighted by Gasteiger charge is -2.02. The number of amides is 2. The second kappa shape index (κ2) is 9.35. The van der Waals surface area contributed by atoms with Crippen LogP contribution in [-0.2, 0) is 11.2 Å². The monoisotopic (exact) mass is 544 g/mol. The number of H-pyrrole nitrogens is 1. The quantitative estimate of drug-likeness (QED) is 0.194. The number of carbonyl (C=O) groups excluding carboxylic acids is 2. The van der Waals surface area contributed by atoms with Gasteiger partial charge < -0.3 is 4.98 Å². The maximum atomic E-state index is 12.4. The van der Waals surface area contributed by atoms with E-state index in [2.05, 4.69) is 53.6 Å². The molecule has 3 N–H and O–H groups in total. The number of nitrogens with zero attached hydrogens (tertiary/aromatic N) is 3. The van der Waals surface area contributed by atoms with Gasteiger partial charge in [0.2, 0.25) is 11.0 Å². The molecule has 0 atom stereocenters. The highest BCUT2D eigenvalue weighted by Crippen LogP contribution is 2.20. The molecule has 2 aromatic heterocycles. The topological polar surface area (TPSA) is 112 Å². The Morgan fingerprint density at radius 2 is 1.94 bits per heavy atom. The number of carbonyl (C=O) groups is 2. The summed E-state index contributed by atoms with van der Waals surface area (Å²) in [5.41, 5.74) is 5.97. The normalized spacial score (nSPS) is 11.2. The van der Waals surface area contributed by atoms with Crippen molar-refractivity contribution in [1.82, 2.24) is 20.6 Å². The van der Waals surface area contributed by atoms with E-state index >= 15 is 0 Å². The lowest BCUT2D eigenvalue weighted by atomic mass is 10.1. The zero-order valence-corrected chi connectivity index (χ0v) is 19.3. The molecule has 0 radical (unpaired) electrons. The smallest absolute Gasteiger partial charge is 0.258 e. The first-order valence-electron chi connectivity index (χ1n) is 9.28. The molecule has 2 heterocycles. The van der Waals surface area contributed by atoms with Crippen molar-refractivity contribution < 1.29 is 9.59 Å². The summed E-state index contributed by atoms with van der Waals surface area (Å²) in [5, 5.41) is 16.6. The third kappa shape index (κ3) is 4.97. The number of rotatable bonds is 6. The van der Waals surface area contributed by atoms with Gasteiger partial charge >= 0.3 is 0 Å². The van der Waals surface area contributed by atoms with Crippen LogP contribution in [0.25, 0.3) is 10.9 Å². The number of para-hydroxylation sites is 1. The first-order chi connectivity index (χ1) is 15.0. The van der Waals surface area contributed by atoms with Crippen molar-refractivity contribution in [2.24, 2.45) is 5.10 Å². The van der Waals surface area contributed by atoms with E-state index in [1.54, 1.807) is 18.3 Å². The molecule has 10 heteroatoms. The van der Waals surface area contributed by atoms with Crippen molar-refractivity contribution in [2.45, 2.75) is 13.3 Å². The maximum Gasteiger partial charge on any atom is 0.258 e. The Kier molecular flexibility index (Phi) is 6.37. The number of benzene rings is 2. The third-order valence-electron chi connectivity index (χ3n) is 4.44. The average molecular weight is 544 g/mol. The molecule has 0 unspecified atom stereocenters. The molecular weight excluding hydrogens is 527 g/mol. The predicted molar refractivity (Wildman–Crippen MR) is 129 cm³/mol. The zero-order valence-electron chi connectivity index (χ0n) is 16.3. The minimum Gasteiger partial charge on any atom is -0.358 e. The van der Waals surface area contributed by atoms with Crippen LogP contribution >= 0.6 is 33.9 Å². The van der Waals surface area contributed by atoms with Crippen LogP contribution in [0.5, 0.6) is 0 Å². The Hall–Kier alpha value is -3.12. The van der Waals surface area contributed by atoms with Crippen LogP contribution in [0.1, 0.15) is 26.6 Å². The summed E-state index contributed by atoms with van der Waals surface area (Å²) in [7, 11) is 0. The number of hydrogen-bond donors (Lipinski definition) is 3. The molecule has 8 nitrogen and oxygen atoms in total. The van der Waals surface area contributed by atoms with Gasteiger partial charge in [0.15, 0.2) is 0 Å². The number of fused-ring (bicyclic) bond motifs is 1. The van der Waals surface area contributed by atoms with Crippen LogP contribution in [0.4, 0.5) is 5.13 Å². The minimum atomic E-state index is -0.319. The number of hydrazone groups is 1. The molecule has 4 aromatic rings. The third-order valence-corrected chi connectivity index (χ3v) is 6.22. The van der Waals surface area contributed by atoms with Gasteiger partial charge in [-0.3, -0.25) is 14.9 Å². The van der Waals surface area contributed by atoms with E-state index in [0.717, 1.165) is 37.1 Å². The van der Waals surface area contributed by atoms with Gasteiger partial charge in [-0.1, -0.05) is 41.7 Å². The molecule has 2 amide bonds. The van der Waals surface area contributed by atoms with Crippen molar-refractivity contribution in [1.29, 1.82) is 0 Å². The largest absolute Gasteiger partial charge is 0.358 e. The number of anilines is 1. The fraction of sp³-hybridized carbons (Fsp3) is 0.0952. The fourth-order valence-electron chi connectivity index (χ4n) is 3.00. The van der Waals surface area contributed by atoms with Crippen LogP contribution in [0.15, 0.2) is 53.6 Å². The van der Waals surface area contributed by atoms with Crippen LogP contribution < -0.4 is 10.7 Å². The standard InChI is InChI=1S/C21H17IN6O2S/c1-12-15(13-6-3-5-9-17(13)24-12)11-23-26-18(29)10-19-27-28-21(31-19)25-20(30)14-7-2-4-8-16(14)22/h2-9,11,24H,10H2,1H3,(H,26,29)(H,25,28,30)/b23-11-. The molecule has 4 rings (SSSR count). The highest BCUT2D eigenvalue weighted by atomic mass is 127. The Morgan fingerprint density at radius 1 is 1.16 bits per heavy atom. The molecule has 0 aliphatic heterocycles. The molecule has 0 spiro atoms. The van der Waals surface area contributed by atoms with Gasteiger partial charge in [-0.05, 0) is 47.7 Å². The van der Waals surface area contributed by atoms with Crippen molar-refractivity contribution in [2.75, 3.05) is 5.32 Å². The average Bonchev–Trinajstić information content (AvgIpc) is 3.31. The molecule has 2 aromatic carbocycles. The summed E-state index contributed by atoms with van der Waals surface area (Å²) in [4.78, 5) is 27.9. The number of aryl methyl sites for hydroxylation is 1. The van der Waals surface area contributed by atoms with Crippen LogP contribution in [-0.4, -0.2) is 33.2 Å². The number of nitrogens with one attached hydrogen (secondary N) is 3. The van der Waals surface area contributed by atoms with E-state index in [4.69, 9.17) is 0 Å². The maximum absolute atomic E-state index is 12.4. The van der Waals surface area contributed by atoms with E-state index in [1.807, 2.05) is 43.3 Å². The summed E-state index contributed by atoms with van der Waals surface area (Å²) < 4.78 is 0.838. The Morgan fingerprint density at radius 3 is 2.77 bits per heavy atom. The predicted octanol–water partition coefficient (Wildman–Crippen LogP) is 3.88. The molecular formula is C21H17IN6O2S. The zero-order chi connectivity index (χ0) is 21.8. The van der Waals surface area contributed by atoms with E-state index in [0.29, 0.717) is 15.7 Å². The highest BCUT2D eigenvalue weighted by Gasteiger charge is 2.14. The van der Waals surface area contributed by atoms with Gasteiger partial charge in [0.1, 0.15) is 5.01 Å². The molecule has 0 fully saturated rings. The van der Waals surface area contributed by atoms with E-state index < -0.39 is 0 Å². The summed E-state index contributed by atoms with van der Waals surface area (Å²) >= 11 is 3.25. The van der Waals surface area contributed by atoms with Gasteiger partial charge in [-0.2, -0.15) is 5.10 Å². The Balaban J connectivity index is 1.35. The lowest BCUT2D eigenvalue weighted by molar-refractivity contribution is -0.120. The number of hydrogen-bond acceptors (Lipinski definition) is 6. The second-order valence-electron chi connectivity index (χ2n) is 6.61. The van der Waals surface area contributed by atoms with E-state index in [1.165, 1.54) is 0 Å². The SMILES string of the molecule is Cc1[nH]c2ccccc2c1/C=N\NC(=O)Cc1nnc(NC(=O)c2ccccc2I)s1. The molecule has 0 saturated carbocycles. The Bertz CT molecular complexity index is 1300. The van der Waals surface area contributed by atoms with Crippen molar-refractivity contribution in [3.63, 3.8) is 0 Å². The summed E-state index contributed by atoms with van der Waals surface area (Å²) in [6.45, 7) is 1.96. The summed E-state index contributed by atoms with van der Waals surface area (Å²) in [5.74, 6) is -0.587. The summed E-state index contributed by atoms with van der Waals surface area (Å²) in [6, 6.07) is 15.1. The highest BCUT2D eigenvalue weighted by molar-refractivity contribution is 14.1. The molecule has 0 aliphatic carbocycles. The number of aromatic nitrogens is 3. The van der Waals surface area contributed by atoms with Gasteiger partial charge in [0.25, 0.3) is 5.91 Å². The van der Waals surface area contributed by atoms with Crippen LogP contribution in [0.3, 0.4) is 0 Å². The molecule has 0 saturated heterocycles. The summed E-state index contributed by atoms with van der Waals surface area (Å²) in [6.07, 6.45) is 1.64. The van der Waals surface area contributed by atoms with Crippen molar-refractivity contribution in [3.8, 4) is 0 Å². The lowest BCUT2D eigenvalue weighted by Crippen LogP contribution is -2.19. The van der Waals surface area contributed by atoms with Gasteiger partial charge in [0.05, 0.1) is 18.2 Å². The molecule has 0 aliphatic rings. The fourth-order valence-corrected chi connectivity index (χ4v) is 4.36. The number of aromatic amines is 1. The van der Waals surface area contributed by atoms with Gasteiger partial charge in [-0.25, -0.2) is 5.43 Å². The first kappa shape index (κ1) is 21.1. The number of halogens is 1. The van der Waals surface area contributed by atoms with Gasteiger partial charge in [0, 0.05) is 25.7 Å². The first-order valence-corrected chi connectivity index (χ1v) is 11.2. The molecule has 31 heavy (non-hydrogen) atoms. The van der Waals surface area contributed by atoms with Crippen molar-refractivity contribution >= 4 is 68.0 Å². The Labute approximate surface area is 195 Å².